The van der Waals surface area contributed by atoms with Crippen LogP contribution in [0.2, 0.25) is 0 Å². The summed E-state index contributed by atoms with van der Waals surface area (Å²) in [5.41, 5.74) is 3.19. The predicted molar refractivity (Wildman–Crippen MR) is 130 cm³/mol. The van der Waals surface area contributed by atoms with Crippen LogP contribution in [0.4, 0.5) is 0 Å². The second-order valence-corrected chi connectivity index (χ2v) is 8.73. The molecule has 1 amide bonds. The number of fused-ring (bicyclic) bond motifs is 1. The number of pyridine rings is 1. The van der Waals surface area contributed by atoms with E-state index in [1.165, 1.54) is 0 Å². The smallest absolute Gasteiger partial charge is 0.253 e. The Morgan fingerprint density at radius 3 is 2.61 bits per heavy atom. The molecular weight excluding hydrogens is 434 g/mol. The van der Waals surface area contributed by atoms with Gasteiger partial charge in [0.2, 0.25) is 5.95 Å². The fourth-order valence-corrected chi connectivity index (χ4v) is 4.77. The van der Waals surface area contributed by atoms with Gasteiger partial charge in [-0.15, -0.1) is 11.8 Å². The summed E-state index contributed by atoms with van der Waals surface area (Å²) in [5.74, 6) is 1.41. The number of likely N-dealkylation sites (tertiary alicyclic amines) is 1. The fraction of sp³-hybridized carbons (Fsp3) is 0.280. The van der Waals surface area contributed by atoms with Crippen molar-refractivity contribution in [3.05, 3.63) is 60.7 Å². The maximum Gasteiger partial charge on any atom is 0.253 e. The van der Waals surface area contributed by atoms with Gasteiger partial charge in [-0.1, -0.05) is 6.07 Å². The molecule has 1 aliphatic rings. The molecule has 3 aromatic heterocycles. The van der Waals surface area contributed by atoms with Gasteiger partial charge >= 0.3 is 0 Å². The van der Waals surface area contributed by atoms with Crippen molar-refractivity contribution in [1.82, 2.24) is 24.4 Å². The molecular formula is C25H25N5O2S. The molecule has 0 N–H and O–H groups in total. The fourth-order valence-electron chi connectivity index (χ4n) is 4.16. The number of carbonyl (C=O) groups is 1. The summed E-state index contributed by atoms with van der Waals surface area (Å²) in [6.45, 7) is 4.21. The number of carbonyl (C=O) groups excluding carboxylic acids is 1. The molecule has 168 valence electrons. The van der Waals surface area contributed by atoms with Crippen molar-refractivity contribution in [3.63, 3.8) is 0 Å². The van der Waals surface area contributed by atoms with E-state index in [1.807, 2.05) is 59.2 Å². The van der Waals surface area contributed by atoms with E-state index in [1.54, 1.807) is 30.4 Å². The quantitative estimate of drug-likeness (QED) is 0.384. The summed E-state index contributed by atoms with van der Waals surface area (Å²) in [7, 11) is 0. The Balaban J connectivity index is 1.51. The lowest BCUT2D eigenvalue weighted by molar-refractivity contribution is 0.0793. The van der Waals surface area contributed by atoms with E-state index in [2.05, 4.69) is 15.0 Å². The molecule has 1 aromatic carbocycles. The monoisotopic (exact) mass is 459 g/mol. The van der Waals surface area contributed by atoms with E-state index >= 15 is 0 Å². The summed E-state index contributed by atoms with van der Waals surface area (Å²) in [4.78, 5) is 29.6. The van der Waals surface area contributed by atoms with E-state index in [0.717, 1.165) is 58.7 Å². The number of rotatable bonds is 6. The Labute approximate surface area is 196 Å². The van der Waals surface area contributed by atoms with E-state index in [9.17, 15) is 4.79 Å². The average molecular weight is 460 g/mol. The minimum atomic E-state index is 0.0874. The van der Waals surface area contributed by atoms with Crippen LogP contribution < -0.4 is 4.74 Å². The van der Waals surface area contributed by atoms with Crippen molar-refractivity contribution in [1.29, 1.82) is 0 Å². The third kappa shape index (κ3) is 4.18. The first kappa shape index (κ1) is 21.5. The molecule has 5 rings (SSSR count). The molecule has 1 saturated heterocycles. The third-order valence-electron chi connectivity index (χ3n) is 5.82. The zero-order chi connectivity index (χ0) is 22.8. The highest BCUT2D eigenvalue weighted by Gasteiger charge is 2.21. The van der Waals surface area contributed by atoms with Gasteiger partial charge in [0, 0.05) is 65.4 Å². The van der Waals surface area contributed by atoms with Crippen molar-refractivity contribution in [3.8, 4) is 23.0 Å². The van der Waals surface area contributed by atoms with Gasteiger partial charge in [0.25, 0.3) is 5.91 Å². The molecule has 0 bridgehead atoms. The summed E-state index contributed by atoms with van der Waals surface area (Å²) >= 11 is 1.66. The SMILES string of the molecule is CCOc1ccnc(-c2cnc(-n3cc(SC)c4ccc(C(=O)N5CCCC5)cc43)nc2)c1. The molecule has 8 heteroatoms. The van der Waals surface area contributed by atoms with Gasteiger partial charge in [-0.2, -0.15) is 0 Å². The van der Waals surface area contributed by atoms with Crippen LogP contribution in [0.15, 0.2) is 60.0 Å². The van der Waals surface area contributed by atoms with Crippen molar-refractivity contribution < 1.29 is 9.53 Å². The van der Waals surface area contributed by atoms with E-state index in [-0.39, 0.29) is 5.91 Å². The van der Waals surface area contributed by atoms with E-state index in [4.69, 9.17) is 4.74 Å². The number of thioether (sulfide) groups is 1. The van der Waals surface area contributed by atoms with Crippen molar-refractivity contribution in [2.75, 3.05) is 26.0 Å². The molecule has 0 aliphatic carbocycles. The van der Waals surface area contributed by atoms with E-state index < -0.39 is 0 Å². The molecule has 0 atom stereocenters. The zero-order valence-corrected chi connectivity index (χ0v) is 19.5. The second kappa shape index (κ2) is 9.23. The highest BCUT2D eigenvalue weighted by Crippen LogP contribution is 2.31. The molecule has 0 saturated carbocycles. The first-order valence-electron chi connectivity index (χ1n) is 11.1. The number of nitrogens with zero attached hydrogens (tertiary/aromatic N) is 5. The van der Waals surface area contributed by atoms with Gasteiger partial charge in [0.1, 0.15) is 5.75 Å². The molecule has 1 aliphatic heterocycles. The Kier molecular flexibility index (Phi) is 6.00. The second-order valence-electron chi connectivity index (χ2n) is 7.88. The van der Waals surface area contributed by atoms with E-state index in [0.29, 0.717) is 18.1 Å². The molecule has 4 aromatic rings. The van der Waals surface area contributed by atoms with Crippen LogP contribution >= 0.6 is 11.8 Å². The third-order valence-corrected chi connectivity index (χ3v) is 6.59. The average Bonchev–Trinajstić information content (AvgIpc) is 3.52. The lowest BCUT2D eigenvalue weighted by atomic mass is 10.1. The molecule has 7 nitrogen and oxygen atoms in total. The Morgan fingerprint density at radius 2 is 1.88 bits per heavy atom. The number of hydrogen-bond donors (Lipinski definition) is 0. The molecule has 0 spiro atoms. The van der Waals surface area contributed by atoms with Gasteiger partial charge in [-0.25, -0.2) is 9.97 Å². The maximum absolute atomic E-state index is 13.0. The van der Waals surface area contributed by atoms with Gasteiger partial charge in [-0.05, 0) is 44.2 Å². The number of amides is 1. The number of benzene rings is 1. The Bertz CT molecular complexity index is 1300. The summed E-state index contributed by atoms with van der Waals surface area (Å²) < 4.78 is 7.53. The molecule has 4 heterocycles. The van der Waals surface area contributed by atoms with Crippen LogP contribution in [-0.4, -0.2) is 56.3 Å². The van der Waals surface area contributed by atoms with Crippen LogP contribution in [0, 0.1) is 0 Å². The standard InChI is InChI=1S/C25H25N5O2S/c1-3-32-19-8-9-26-21(13-19)18-14-27-25(28-15-18)30-16-23(33-2)20-7-6-17(12-22(20)30)24(31)29-10-4-5-11-29/h6-9,12-16H,3-5,10-11H2,1-2H3. The summed E-state index contributed by atoms with van der Waals surface area (Å²) in [6.07, 6.45) is 11.5. The summed E-state index contributed by atoms with van der Waals surface area (Å²) in [5, 5.41) is 1.08. The maximum atomic E-state index is 13.0. The molecule has 33 heavy (non-hydrogen) atoms. The highest BCUT2D eigenvalue weighted by atomic mass is 32.2. The van der Waals surface area contributed by atoms with Crippen LogP contribution in [0.3, 0.4) is 0 Å². The van der Waals surface area contributed by atoms with Crippen molar-refractivity contribution in [2.45, 2.75) is 24.7 Å². The van der Waals surface area contributed by atoms with Crippen molar-refractivity contribution in [2.24, 2.45) is 0 Å². The van der Waals surface area contributed by atoms with Crippen LogP contribution in [0.1, 0.15) is 30.1 Å². The van der Waals surface area contributed by atoms with Gasteiger partial charge < -0.3 is 9.64 Å². The van der Waals surface area contributed by atoms with Crippen LogP contribution in [-0.2, 0) is 0 Å². The molecule has 0 unspecified atom stereocenters. The summed E-state index contributed by atoms with van der Waals surface area (Å²) in [6, 6.07) is 9.63. The minimum absolute atomic E-state index is 0.0874. The number of ether oxygens (including phenoxy) is 1. The van der Waals surface area contributed by atoms with Gasteiger partial charge in [-0.3, -0.25) is 14.3 Å². The molecule has 0 radical (unpaired) electrons. The lowest BCUT2D eigenvalue weighted by Crippen LogP contribution is -2.27. The largest absolute Gasteiger partial charge is 0.494 e. The Hall–Kier alpha value is -3.39. The number of aromatic nitrogens is 4. The Morgan fingerprint density at radius 1 is 1.09 bits per heavy atom. The molecule has 1 fully saturated rings. The predicted octanol–water partition coefficient (Wildman–Crippen LogP) is 4.84. The zero-order valence-electron chi connectivity index (χ0n) is 18.7. The van der Waals surface area contributed by atoms with Crippen LogP contribution in [0.25, 0.3) is 28.1 Å². The van der Waals surface area contributed by atoms with Gasteiger partial charge in [0.15, 0.2) is 0 Å². The first-order chi connectivity index (χ1) is 16.2. The normalized spacial score (nSPS) is 13.6. The lowest BCUT2D eigenvalue weighted by Gasteiger charge is -2.15. The highest BCUT2D eigenvalue weighted by molar-refractivity contribution is 7.98. The first-order valence-corrected chi connectivity index (χ1v) is 12.3. The number of hydrogen-bond acceptors (Lipinski definition) is 6. The minimum Gasteiger partial charge on any atom is -0.494 e. The van der Waals surface area contributed by atoms with Crippen molar-refractivity contribution >= 4 is 28.6 Å². The topological polar surface area (TPSA) is 73.1 Å². The van der Waals surface area contributed by atoms with Crippen LogP contribution in [0.5, 0.6) is 5.75 Å². The van der Waals surface area contributed by atoms with Gasteiger partial charge in [0.05, 0.1) is 17.8 Å².